The average molecular weight is 376 g/mol. The molecule has 1 atom stereocenters. The minimum atomic E-state index is -1.60. The van der Waals surface area contributed by atoms with Gasteiger partial charge in [0, 0.05) is 24.0 Å². The van der Waals surface area contributed by atoms with Gasteiger partial charge in [-0.05, 0) is 36.4 Å². The summed E-state index contributed by atoms with van der Waals surface area (Å²) in [5.41, 5.74) is 0.366. The topological polar surface area (TPSA) is 97.5 Å². The maximum Gasteiger partial charge on any atom is 0.353 e. The summed E-state index contributed by atoms with van der Waals surface area (Å²) in [6.07, 6.45) is 0.270. The van der Waals surface area contributed by atoms with Crippen molar-refractivity contribution < 1.29 is 19.4 Å². The molecular weight excluding hydrogens is 360 g/mol. The molecule has 8 nitrogen and oxygen atoms in total. The normalized spacial score (nSPS) is 19.8. The number of anilines is 1. The van der Waals surface area contributed by atoms with Crippen LogP contribution in [0, 0.1) is 0 Å². The Morgan fingerprint density at radius 3 is 2.64 bits per heavy atom. The number of aliphatic carboxylic acids is 1. The third kappa shape index (κ3) is 1.99. The van der Waals surface area contributed by atoms with Crippen LogP contribution in [0.1, 0.15) is 12.8 Å². The molecule has 0 saturated carbocycles. The molecule has 1 N–H and O–H groups in total. The first kappa shape index (κ1) is 16.5. The fourth-order valence-corrected chi connectivity index (χ4v) is 4.00. The number of rotatable bonds is 3. The van der Waals surface area contributed by atoms with Gasteiger partial charge in [0.1, 0.15) is 5.75 Å². The molecule has 140 valence electrons. The predicted molar refractivity (Wildman–Crippen MR) is 99.8 cm³/mol. The number of nitrogens with zero attached hydrogens (tertiary/aromatic N) is 4. The maximum absolute atomic E-state index is 12.6. The van der Waals surface area contributed by atoms with Crippen molar-refractivity contribution in [1.29, 1.82) is 0 Å². The van der Waals surface area contributed by atoms with Gasteiger partial charge in [-0.25, -0.2) is 14.5 Å². The second-order valence-electron chi connectivity index (χ2n) is 6.77. The number of fused-ring (bicyclic) bond motifs is 6. The van der Waals surface area contributed by atoms with Gasteiger partial charge in [-0.3, -0.25) is 9.69 Å². The highest BCUT2D eigenvalue weighted by Crippen LogP contribution is 2.48. The van der Waals surface area contributed by atoms with Crippen LogP contribution in [0.5, 0.6) is 5.75 Å². The van der Waals surface area contributed by atoms with Crippen molar-refractivity contribution in [1.82, 2.24) is 14.8 Å². The first-order chi connectivity index (χ1) is 13.6. The lowest BCUT2D eigenvalue weighted by atomic mass is 10.0. The number of carboxylic acids is 1. The van der Waals surface area contributed by atoms with Crippen LogP contribution < -0.4 is 9.64 Å². The molecule has 0 aliphatic carbocycles. The SMILES string of the molecule is COc1ccc(-c2nc3n(n2)C2(C(=O)O)CCC(=O)N2c2ccccc2-3)cc1. The van der Waals surface area contributed by atoms with E-state index in [2.05, 4.69) is 10.1 Å². The number of carbonyl (C=O) groups excluding carboxylic acids is 1. The number of hydrogen-bond acceptors (Lipinski definition) is 5. The van der Waals surface area contributed by atoms with E-state index < -0.39 is 11.6 Å². The van der Waals surface area contributed by atoms with Crippen molar-refractivity contribution in [2.45, 2.75) is 18.5 Å². The van der Waals surface area contributed by atoms with Gasteiger partial charge in [0.2, 0.25) is 11.6 Å². The Hall–Kier alpha value is -3.68. The van der Waals surface area contributed by atoms with E-state index >= 15 is 0 Å². The molecule has 8 heteroatoms. The second-order valence-corrected chi connectivity index (χ2v) is 6.77. The molecule has 1 saturated heterocycles. The molecule has 3 aromatic rings. The molecule has 5 rings (SSSR count). The number of para-hydroxylation sites is 1. The molecule has 28 heavy (non-hydrogen) atoms. The maximum atomic E-state index is 12.6. The van der Waals surface area contributed by atoms with E-state index in [1.807, 2.05) is 24.3 Å². The van der Waals surface area contributed by atoms with Gasteiger partial charge < -0.3 is 9.84 Å². The Bertz CT molecular complexity index is 1120. The minimum Gasteiger partial charge on any atom is -0.497 e. The summed E-state index contributed by atoms with van der Waals surface area (Å²) in [4.78, 5) is 31.0. The Labute approximate surface area is 160 Å². The third-order valence-electron chi connectivity index (χ3n) is 5.34. The van der Waals surface area contributed by atoms with Crippen LogP contribution in [-0.2, 0) is 15.3 Å². The van der Waals surface area contributed by atoms with Gasteiger partial charge in [-0.1, -0.05) is 12.1 Å². The van der Waals surface area contributed by atoms with Crippen molar-refractivity contribution in [3.8, 4) is 28.5 Å². The van der Waals surface area contributed by atoms with Crippen LogP contribution in [-0.4, -0.2) is 38.9 Å². The number of ether oxygens (including phenoxy) is 1. The van der Waals surface area contributed by atoms with Gasteiger partial charge in [0.25, 0.3) is 0 Å². The van der Waals surface area contributed by atoms with Crippen molar-refractivity contribution in [3.05, 3.63) is 48.5 Å². The second kappa shape index (κ2) is 5.66. The standard InChI is InChI=1S/C20H16N4O4/c1-28-13-8-6-12(7-9-13)17-21-18-14-4-2-3-5-15(14)23-16(25)10-11-20(23,19(26)27)24(18)22-17/h2-9H,10-11H2,1H3,(H,26,27). The lowest BCUT2D eigenvalue weighted by molar-refractivity contribution is -0.148. The lowest BCUT2D eigenvalue weighted by Crippen LogP contribution is -2.56. The highest BCUT2D eigenvalue weighted by Gasteiger charge is 2.58. The van der Waals surface area contributed by atoms with Crippen LogP contribution in [0.2, 0.25) is 0 Å². The molecule has 0 bridgehead atoms. The summed E-state index contributed by atoms with van der Waals surface area (Å²) in [6, 6.07) is 14.4. The van der Waals surface area contributed by atoms with Gasteiger partial charge in [0.05, 0.1) is 12.8 Å². The van der Waals surface area contributed by atoms with E-state index in [1.165, 1.54) is 9.58 Å². The van der Waals surface area contributed by atoms with Gasteiger partial charge >= 0.3 is 5.97 Å². The number of aromatic nitrogens is 3. The lowest BCUT2D eigenvalue weighted by Gasteiger charge is -2.39. The van der Waals surface area contributed by atoms with E-state index in [4.69, 9.17) is 4.74 Å². The van der Waals surface area contributed by atoms with Crippen molar-refractivity contribution >= 4 is 17.6 Å². The summed E-state index contributed by atoms with van der Waals surface area (Å²) in [5.74, 6) is 0.180. The van der Waals surface area contributed by atoms with E-state index in [-0.39, 0.29) is 18.7 Å². The number of amides is 1. The highest BCUT2D eigenvalue weighted by atomic mass is 16.5. The zero-order valence-corrected chi connectivity index (χ0v) is 15.0. The number of benzene rings is 2. The van der Waals surface area contributed by atoms with Crippen molar-refractivity contribution in [3.63, 3.8) is 0 Å². The molecule has 1 fully saturated rings. The summed E-state index contributed by atoms with van der Waals surface area (Å²) in [5, 5.41) is 14.7. The van der Waals surface area contributed by atoms with Gasteiger partial charge in [-0.15, -0.1) is 5.10 Å². The molecule has 1 amide bonds. The van der Waals surface area contributed by atoms with Crippen LogP contribution in [0.4, 0.5) is 5.69 Å². The molecule has 3 heterocycles. The zero-order chi connectivity index (χ0) is 19.5. The first-order valence-corrected chi connectivity index (χ1v) is 8.84. The molecule has 2 aliphatic heterocycles. The summed E-state index contributed by atoms with van der Waals surface area (Å²) >= 11 is 0. The third-order valence-corrected chi connectivity index (χ3v) is 5.34. The highest BCUT2D eigenvalue weighted by molar-refractivity contribution is 6.07. The summed E-state index contributed by atoms with van der Waals surface area (Å²) in [6.45, 7) is 0. The van der Waals surface area contributed by atoms with E-state index in [9.17, 15) is 14.7 Å². The Kier molecular flexibility index (Phi) is 3.33. The zero-order valence-electron chi connectivity index (χ0n) is 15.0. The summed E-state index contributed by atoms with van der Waals surface area (Å²) < 4.78 is 6.57. The predicted octanol–water partition coefficient (Wildman–Crippen LogP) is 2.50. The molecule has 2 aliphatic rings. The summed E-state index contributed by atoms with van der Waals surface area (Å²) in [7, 11) is 1.59. The quantitative estimate of drug-likeness (QED) is 0.754. The fourth-order valence-electron chi connectivity index (χ4n) is 4.00. The monoisotopic (exact) mass is 376 g/mol. The number of methoxy groups -OCH3 is 1. The van der Waals surface area contributed by atoms with Gasteiger partial charge in [0.15, 0.2) is 11.6 Å². The molecule has 2 aromatic carbocycles. The Balaban J connectivity index is 1.77. The van der Waals surface area contributed by atoms with Crippen LogP contribution in [0.3, 0.4) is 0 Å². The largest absolute Gasteiger partial charge is 0.497 e. The fraction of sp³-hybridized carbons (Fsp3) is 0.200. The van der Waals surface area contributed by atoms with Crippen LogP contribution in [0.25, 0.3) is 22.8 Å². The number of hydrogen-bond donors (Lipinski definition) is 1. The van der Waals surface area contributed by atoms with E-state index in [0.717, 1.165) is 5.56 Å². The Morgan fingerprint density at radius 2 is 1.93 bits per heavy atom. The molecule has 0 spiro atoms. The van der Waals surface area contributed by atoms with Crippen LogP contribution in [0.15, 0.2) is 48.5 Å². The van der Waals surface area contributed by atoms with Crippen LogP contribution >= 0.6 is 0 Å². The molecular formula is C20H16N4O4. The first-order valence-electron chi connectivity index (χ1n) is 8.84. The minimum absolute atomic E-state index is 0.133. The molecule has 0 radical (unpaired) electrons. The number of carboxylic acid groups (broad SMARTS) is 1. The van der Waals surface area contributed by atoms with Gasteiger partial charge in [-0.2, -0.15) is 0 Å². The van der Waals surface area contributed by atoms with Crippen molar-refractivity contribution in [2.24, 2.45) is 0 Å². The Morgan fingerprint density at radius 1 is 1.18 bits per heavy atom. The molecule has 1 aromatic heterocycles. The smallest absolute Gasteiger partial charge is 0.353 e. The van der Waals surface area contributed by atoms with E-state index in [1.54, 1.807) is 31.4 Å². The molecule has 1 unspecified atom stereocenters. The average Bonchev–Trinajstić information content (AvgIpc) is 3.31. The van der Waals surface area contributed by atoms with E-state index in [0.29, 0.717) is 28.6 Å². The van der Waals surface area contributed by atoms with Crippen molar-refractivity contribution in [2.75, 3.05) is 12.0 Å². The number of carbonyl (C=O) groups is 2.